The second-order valence-electron chi connectivity index (χ2n) is 6.21. The molecule has 4 rings (SSSR count). The van der Waals surface area contributed by atoms with E-state index in [2.05, 4.69) is 20.5 Å². The summed E-state index contributed by atoms with van der Waals surface area (Å²) < 4.78 is 25.2. The fourth-order valence-electron chi connectivity index (χ4n) is 2.52. The molecule has 4 aromatic rings. The third-order valence-corrected chi connectivity index (χ3v) is 5.15. The zero-order valence-corrected chi connectivity index (χ0v) is 17.3. The summed E-state index contributed by atoms with van der Waals surface area (Å²) in [7, 11) is 0. The topological polar surface area (TPSA) is 69.2 Å². The molecule has 0 aliphatic rings. The number of ether oxygens (including phenoxy) is 2. The van der Waals surface area contributed by atoms with E-state index in [1.807, 2.05) is 37.3 Å². The Kier molecular flexibility index (Phi) is 6.06. The van der Waals surface area contributed by atoms with Gasteiger partial charge < -0.3 is 14.8 Å². The Morgan fingerprint density at radius 2 is 1.77 bits per heavy atom. The van der Waals surface area contributed by atoms with Crippen molar-refractivity contribution in [1.29, 1.82) is 0 Å². The molecule has 9 heteroatoms. The highest BCUT2D eigenvalue weighted by molar-refractivity contribution is 7.15. The Balaban J connectivity index is 1.37. The van der Waals surface area contributed by atoms with Gasteiger partial charge in [-0.1, -0.05) is 41.1 Å². The maximum atomic E-state index is 13.8. The number of rotatable bonds is 7. The van der Waals surface area contributed by atoms with Crippen LogP contribution in [-0.4, -0.2) is 15.2 Å². The zero-order chi connectivity index (χ0) is 20.9. The summed E-state index contributed by atoms with van der Waals surface area (Å²) in [4.78, 5) is 3.84. The van der Waals surface area contributed by atoms with Gasteiger partial charge in [0.05, 0.1) is 5.02 Å². The predicted octanol–water partition coefficient (Wildman–Crippen LogP) is 6.40. The Morgan fingerprint density at radius 3 is 2.50 bits per heavy atom. The average Bonchev–Trinajstić information content (AvgIpc) is 3.21. The van der Waals surface area contributed by atoms with Crippen molar-refractivity contribution in [1.82, 2.24) is 15.2 Å². The number of halogens is 2. The molecule has 0 amide bonds. The third kappa shape index (κ3) is 5.03. The summed E-state index contributed by atoms with van der Waals surface area (Å²) in [6.45, 7) is 1.89. The minimum atomic E-state index is -0.632. The summed E-state index contributed by atoms with van der Waals surface area (Å²) in [5.41, 5.74) is 0.941. The van der Waals surface area contributed by atoms with E-state index in [0.717, 1.165) is 16.8 Å². The Bertz CT molecular complexity index is 1130. The molecule has 30 heavy (non-hydrogen) atoms. The molecule has 0 saturated heterocycles. The summed E-state index contributed by atoms with van der Waals surface area (Å²) in [5.74, 6) is 0.266. The van der Waals surface area contributed by atoms with Gasteiger partial charge in [0.15, 0.2) is 10.8 Å². The van der Waals surface area contributed by atoms with Gasteiger partial charge in [0, 0.05) is 11.9 Å². The van der Waals surface area contributed by atoms with Crippen molar-refractivity contribution in [3.8, 4) is 17.4 Å². The first kappa shape index (κ1) is 20.1. The molecule has 0 unspecified atom stereocenters. The lowest BCUT2D eigenvalue weighted by Crippen LogP contribution is -2.02. The first-order valence-corrected chi connectivity index (χ1v) is 10.2. The molecule has 1 N–H and O–H groups in total. The molecule has 1 atom stereocenters. The van der Waals surface area contributed by atoms with Crippen LogP contribution in [0, 0.1) is 5.82 Å². The number of benzene rings is 2. The second-order valence-corrected chi connectivity index (χ2v) is 7.66. The summed E-state index contributed by atoms with van der Waals surface area (Å²) in [6, 6.07) is 17.7. The molecule has 0 saturated carbocycles. The van der Waals surface area contributed by atoms with Gasteiger partial charge in [-0.05, 0) is 49.4 Å². The van der Waals surface area contributed by atoms with Crippen molar-refractivity contribution < 1.29 is 13.9 Å². The van der Waals surface area contributed by atoms with E-state index in [1.165, 1.54) is 17.5 Å². The molecule has 0 bridgehead atoms. The molecular formula is C21H16ClFN4O2S. The van der Waals surface area contributed by atoms with Gasteiger partial charge in [-0.25, -0.2) is 9.37 Å². The molecule has 0 aliphatic carbocycles. The standard InChI is InChI=1S/C21H16ClFN4O2S/c1-13(20-26-27-21(30-20)25-15-5-3-2-4-6-15)28-16-7-9-17(10-8-16)29-19-18(23)11-14(22)12-24-19/h2-13H,1H3,(H,25,27)/t13-/m1/s1. The Labute approximate surface area is 181 Å². The largest absolute Gasteiger partial charge is 0.483 e. The smallest absolute Gasteiger partial charge is 0.255 e. The number of pyridine rings is 1. The highest BCUT2D eigenvalue weighted by Gasteiger charge is 2.14. The third-order valence-electron chi connectivity index (χ3n) is 3.94. The van der Waals surface area contributed by atoms with Crippen molar-refractivity contribution in [2.45, 2.75) is 13.0 Å². The highest BCUT2D eigenvalue weighted by Crippen LogP contribution is 2.30. The van der Waals surface area contributed by atoms with Gasteiger partial charge in [0.1, 0.15) is 17.6 Å². The van der Waals surface area contributed by atoms with Crippen molar-refractivity contribution in [3.05, 3.63) is 82.7 Å². The van der Waals surface area contributed by atoms with E-state index in [-0.39, 0.29) is 17.0 Å². The van der Waals surface area contributed by atoms with Crippen LogP contribution in [0.4, 0.5) is 15.2 Å². The minimum Gasteiger partial charge on any atom is -0.483 e. The number of nitrogens with zero attached hydrogens (tertiary/aromatic N) is 3. The SMILES string of the molecule is C[C@@H](Oc1ccc(Oc2ncc(Cl)cc2F)cc1)c1nnc(Nc2ccccc2)s1. The number of hydrogen-bond donors (Lipinski definition) is 1. The van der Waals surface area contributed by atoms with Crippen LogP contribution in [0.5, 0.6) is 17.4 Å². The van der Waals surface area contributed by atoms with E-state index in [1.54, 1.807) is 24.3 Å². The Hall–Kier alpha value is -3.23. The first-order chi connectivity index (χ1) is 14.6. The molecule has 0 spiro atoms. The molecule has 2 heterocycles. The van der Waals surface area contributed by atoms with Crippen LogP contribution in [0.2, 0.25) is 5.02 Å². The predicted molar refractivity (Wildman–Crippen MR) is 114 cm³/mol. The molecule has 0 fully saturated rings. The van der Waals surface area contributed by atoms with E-state index in [9.17, 15) is 4.39 Å². The molecule has 2 aromatic carbocycles. The normalized spacial score (nSPS) is 11.7. The molecule has 152 valence electrons. The monoisotopic (exact) mass is 442 g/mol. The van der Waals surface area contributed by atoms with E-state index in [4.69, 9.17) is 21.1 Å². The van der Waals surface area contributed by atoms with Gasteiger partial charge in [0.25, 0.3) is 5.88 Å². The van der Waals surface area contributed by atoms with Gasteiger partial charge >= 0.3 is 0 Å². The zero-order valence-electron chi connectivity index (χ0n) is 15.8. The number of nitrogens with one attached hydrogen (secondary N) is 1. The van der Waals surface area contributed by atoms with Crippen LogP contribution in [0.25, 0.3) is 0 Å². The van der Waals surface area contributed by atoms with E-state index >= 15 is 0 Å². The van der Waals surface area contributed by atoms with Crippen LogP contribution in [0.3, 0.4) is 0 Å². The average molecular weight is 443 g/mol. The fraction of sp³-hybridized carbons (Fsp3) is 0.0952. The second kappa shape index (κ2) is 9.06. The van der Waals surface area contributed by atoms with Crippen molar-refractivity contribution in [3.63, 3.8) is 0 Å². The van der Waals surface area contributed by atoms with Crippen molar-refractivity contribution in [2.24, 2.45) is 0 Å². The van der Waals surface area contributed by atoms with Crippen LogP contribution in [-0.2, 0) is 0 Å². The molecule has 0 aliphatic heterocycles. The first-order valence-electron chi connectivity index (χ1n) is 8.98. The highest BCUT2D eigenvalue weighted by atomic mass is 35.5. The molecule has 2 aromatic heterocycles. The van der Waals surface area contributed by atoms with Crippen molar-refractivity contribution in [2.75, 3.05) is 5.32 Å². The molecule has 6 nitrogen and oxygen atoms in total. The molecular weight excluding hydrogens is 427 g/mol. The lowest BCUT2D eigenvalue weighted by Gasteiger charge is -2.12. The summed E-state index contributed by atoms with van der Waals surface area (Å²) >= 11 is 7.11. The van der Waals surface area contributed by atoms with Crippen molar-refractivity contribution >= 4 is 33.8 Å². The number of hydrogen-bond acceptors (Lipinski definition) is 7. The number of aromatic nitrogens is 3. The van der Waals surface area contributed by atoms with Crippen LogP contribution in [0.15, 0.2) is 66.9 Å². The number of anilines is 2. The van der Waals surface area contributed by atoms with Crippen LogP contribution in [0.1, 0.15) is 18.0 Å². The lowest BCUT2D eigenvalue weighted by molar-refractivity contribution is 0.225. The molecule has 0 radical (unpaired) electrons. The van der Waals surface area contributed by atoms with Gasteiger partial charge in [-0.2, -0.15) is 0 Å². The van der Waals surface area contributed by atoms with Gasteiger partial charge in [-0.3, -0.25) is 0 Å². The number of para-hydroxylation sites is 1. The quantitative estimate of drug-likeness (QED) is 0.357. The fourth-order valence-corrected chi connectivity index (χ4v) is 3.41. The van der Waals surface area contributed by atoms with Crippen LogP contribution >= 0.6 is 22.9 Å². The maximum Gasteiger partial charge on any atom is 0.255 e. The van der Waals surface area contributed by atoms with E-state index < -0.39 is 5.82 Å². The van der Waals surface area contributed by atoms with Crippen LogP contribution < -0.4 is 14.8 Å². The maximum absolute atomic E-state index is 13.8. The van der Waals surface area contributed by atoms with Gasteiger partial charge in [0.2, 0.25) is 5.13 Å². The summed E-state index contributed by atoms with van der Waals surface area (Å²) in [5, 5.41) is 13.2. The lowest BCUT2D eigenvalue weighted by atomic mass is 10.3. The Morgan fingerprint density at radius 1 is 1.03 bits per heavy atom. The van der Waals surface area contributed by atoms with E-state index in [0.29, 0.717) is 16.6 Å². The summed E-state index contributed by atoms with van der Waals surface area (Å²) in [6.07, 6.45) is 1.03. The minimum absolute atomic E-state index is 0.145. The van der Waals surface area contributed by atoms with Gasteiger partial charge in [-0.15, -0.1) is 10.2 Å².